The van der Waals surface area contributed by atoms with Crippen LogP contribution in [0.5, 0.6) is 5.75 Å². The van der Waals surface area contributed by atoms with Crippen molar-refractivity contribution in [3.8, 4) is 33.8 Å². The normalized spacial score (nSPS) is 15.9. The van der Waals surface area contributed by atoms with Crippen molar-refractivity contribution < 1.29 is 24.3 Å². The lowest BCUT2D eigenvalue weighted by molar-refractivity contribution is -0.135. The van der Waals surface area contributed by atoms with Gasteiger partial charge >= 0.3 is 0 Å². The summed E-state index contributed by atoms with van der Waals surface area (Å²) >= 11 is 0. The number of hydrogen-bond donors (Lipinski definition) is 2. The van der Waals surface area contributed by atoms with Gasteiger partial charge in [-0.3, -0.25) is 19.9 Å². The molecule has 1 saturated heterocycles. The minimum Gasteiger partial charge on any atom is -0.494 e. The second-order valence-electron chi connectivity index (χ2n) is 15.1. The summed E-state index contributed by atoms with van der Waals surface area (Å²) in [7, 11) is 0. The van der Waals surface area contributed by atoms with Gasteiger partial charge in [0.15, 0.2) is 0 Å². The van der Waals surface area contributed by atoms with E-state index in [9.17, 15) is 14.8 Å². The highest BCUT2D eigenvalue weighted by Crippen LogP contribution is 2.37. The van der Waals surface area contributed by atoms with Crippen molar-refractivity contribution in [2.24, 2.45) is 5.16 Å². The number of hydrogen-bond acceptors (Lipinski definition) is 9. The highest BCUT2D eigenvalue weighted by atomic mass is 16.5. The van der Waals surface area contributed by atoms with Gasteiger partial charge in [-0.25, -0.2) is 9.67 Å². The maximum atomic E-state index is 12.9. The van der Waals surface area contributed by atoms with Crippen LogP contribution >= 0.6 is 0 Å². The summed E-state index contributed by atoms with van der Waals surface area (Å²) in [6.07, 6.45) is 14.4. The maximum Gasteiger partial charge on any atom is 0.249 e. The Hall–Kier alpha value is -6.66. The first kappa shape index (κ1) is 37.9. The Bertz CT molecular complexity index is 2670. The van der Waals surface area contributed by atoms with Crippen molar-refractivity contribution in [2.45, 2.75) is 63.8 Å². The summed E-state index contributed by atoms with van der Waals surface area (Å²) in [6.45, 7) is 2.00. The van der Waals surface area contributed by atoms with Gasteiger partial charge in [0, 0.05) is 71.9 Å². The molecule has 2 N–H and O–H groups in total. The van der Waals surface area contributed by atoms with Crippen LogP contribution in [0, 0.1) is 0 Å². The van der Waals surface area contributed by atoms with E-state index in [1.807, 2.05) is 69.9 Å². The smallest absolute Gasteiger partial charge is 0.249 e. The Morgan fingerprint density at radius 1 is 0.814 bits per heavy atom. The molecule has 3 aromatic carbocycles. The summed E-state index contributed by atoms with van der Waals surface area (Å²) in [4.78, 5) is 33.6. The van der Waals surface area contributed by atoms with Crippen LogP contribution in [0.15, 0.2) is 115 Å². The van der Waals surface area contributed by atoms with Gasteiger partial charge in [-0.2, -0.15) is 5.10 Å². The molecule has 1 unspecified atom stereocenters. The Morgan fingerprint density at radius 3 is 2.51 bits per heavy atom. The summed E-state index contributed by atoms with van der Waals surface area (Å²) in [5, 5.41) is 22.5. The van der Waals surface area contributed by atoms with Crippen LogP contribution in [0.2, 0.25) is 0 Å². The topological polar surface area (TPSA) is 146 Å². The lowest BCUT2D eigenvalue weighted by atomic mass is 9.98. The predicted molar refractivity (Wildman–Crippen MR) is 226 cm³/mol. The van der Waals surface area contributed by atoms with Gasteiger partial charge in [0.1, 0.15) is 23.1 Å². The summed E-state index contributed by atoms with van der Waals surface area (Å²) in [5.41, 5.74) is 10.7. The van der Waals surface area contributed by atoms with Gasteiger partial charge in [-0.05, 0) is 123 Å². The van der Waals surface area contributed by atoms with Gasteiger partial charge < -0.3 is 19.2 Å². The molecular weight excluding hydrogens is 743 g/mol. The van der Waals surface area contributed by atoms with E-state index in [0.29, 0.717) is 32.7 Å². The van der Waals surface area contributed by atoms with Gasteiger partial charge in [0.2, 0.25) is 11.8 Å². The molecule has 7 aromatic rings. The molecule has 2 amide bonds. The third-order valence-corrected chi connectivity index (χ3v) is 11.4. The number of aromatic nitrogens is 5. The average Bonchev–Trinajstić information content (AvgIpc) is 3.99. The van der Waals surface area contributed by atoms with Crippen LogP contribution in [0.1, 0.15) is 67.7 Å². The predicted octanol–water partition coefficient (Wildman–Crippen LogP) is 8.40. The molecule has 4 aromatic heterocycles. The molecular formula is C47H45N7O5. The van der Waals surface area contributed by atoms with E-state index in [-0.39, 0.29) is 11.8 Å². The van der Waals surface area contributed by atoms with Crippen molar-refractivity contribution in [1.29, 1.82) is 0 Å². The number of rotatable bonds is 15. The molecule has 0 spiro atoms. The molecule has 5 heterocycles. The van der Waals surface area contributed by atoms with E-state index in [1.54, 1.807) is 18.6 Å². The number of aryl methyl sites for hydroxylation is 2. The second-order valence-corrected chi connectivity index (χ2v) is 15.1. The zero-order chi connectivity index (χ0) is 40.1. The highest BCUT2D eigenvalue weighted by molar-refractivity contribution is 6.10. The van der Waals surface area contributed by atoms with Crippen molar-refractivity contribution >= 4 is 39.5 Å². The molecule has 1 fully saturated rings. The van der Waals surface area contributed by atoms with Crippen LogP contribution < -0.4 is 10.1 Å². The number of benzene rings is 3. The molecule has 1 atom stereocenters. The fourth-order valence-electron chi connectivity index (χ4n) is 8.47. The van der Waals surface area contributed by atoms with Crippen molar-refractivity contribution in [3.63, 3.8) is 0 Å². The molecule has 298 valence electrons. The van der Waals surface area contributed by atoms with E-state index < -0.39 is 6.04 Å². The second kappa shape index (κ2) is 17.1. The lowest BCUT2D eigenvalue weighted by Crippen LogP contribution is -2.41. The molecule has 1 aliphatic carbocycles. The van der Waals surface area contributed by atoms with Crippen LogP contribution in [-0.2, 0) is 27.2 Å². The van der Waals surface area contributed by atoms with Crippen molar-refractivity contribution in [2.75, 3.05) is 19.8 Å². The van der Waals surface area contributed by atoms with E-state index in [2.05, 4.69) is 50.9 Å². The van der Waals surface area contributed by atoms with Gasteiger partial charge in [-0.15, -0.1) is 0 Å². The molecule has 59 heavy (non-hydrogen) atoms. The SMILES string of the molecule is O=C1CCC(n2c3cccc(CCCOCCCCCOc4ccc(-n5cc(-c6ccc7c(c6)CC/C7=N\O)c(-c6ccncc6)n5)cc4)c3c3cccnc32)C(=O)N1. The van der Waals surface area contributed by atoms with Gasteiger partial charge in [0.05, 0.1) is 23.5 Å². The number of fused-ring (bicyclic) bond motifs is 4. The highest BCUT2D eigenvalue weighted by Gasteiger charge is 2.31. The molecule has 1 aliphatic heterocycles. The third kappa shape index (κ3) is 7.83. The molecule has 2 aliphatic rings. The number of piperidine rings is 1. The summed E-state index contributed by atoms with van der Waals surface area (Å²) in [5.74, 6) is 0.320. The number of carbonyl (C=O) groups excluding carboxylic acids is 2. The summed E-state index contributed by atoms with van der Waals surface area (Å²) < 4.78 is 16.0. The van der Waals surface area contributed by atoms with Crippen LogP contribution in [0.3, 0.4) is 0 Å². The molecule has 0 bridgehead atoms. The molecule has 0 radical (unpaired) electrons. The zero-order valence-corrected chi connectivity index (χ0v) is 32.7. The first-order valence-corrected chi connectivity index (χ1v) is 20.4. The van der Waals surface area contributed by atoms with E-state index >= 15 is 0 Å². The van der Waals surface area contributed by atoms with Crippen LogP contribution in [0.4, 0.5) is 0 Å². The van der Waals surface area contributed by atoms with E-state index in [4.69, 9.17) is 14.6 Å². The molecule has 12 heteroatoms. The number of carbonyl (C=O) groups is 2. The number of unbranched alkanes of at least 4 members (excludes halogenated alkanes) is 2. The Balaban J connectivity index is 0.746. The van der Waals surface area contributed by atoms with E-state index in [0.717, 1.165) is 112 Å². The third-order valence-electron chi connectivity index (χ3n) is 11.4. The largest absolute Gasteiger partial charge is 0.494 e. The minimum atomic E-state index is -0.469. The number of ether oxygens (including phenoxy) is 2. The fourth-order valence-corrected chi connectivity index (χ4v) is 8.47. The van der Waals surface area contributed by atoms with Gasteiger partial charge in [-0.1, -0.05) is 35.5 Å². The Labute approximate surface area is 341 Å². The van der Waals surface area contributed by atoms with Crippen LogP contribution in [-0.4, -0.2) is 66.9 Å². The number of pyridine rings is 2. The minimum absolute atomic E-state index is 0.225. The number of oxime groups is 1. The first-order valence-electron chi connectivity index (χ1n) is 20.4. The van der Waals surface area contributed by atoms with Gasteiger partial charge in [0.25, 0.3) is 0 Å². The van der Waals surface area contributed by atoms with Crippen molar-refractivity contribution in [1.82, 2.24) is 29.6 Å². The monoisotopic (exact) mass is 787 g/mol. The van der Waals surface area contributed by atoms with Crippen LogP contribution in [0.25, 0.3) is 50.0 Å². The summed E-state index contributed by atoms with van der Waals surface area (Å²) in [6, 6.07) is 28.0. The number of nitrogens with one attached hydrogen (secondary N) is 1. The molecule has 9 rings (SSSR count). The Morgan fingerprint density at radius 2 is 1.66 bits per heavy atom. The molecule has 12 nitrogen and oxygen atoms in total. The van der Waals surface area contributed by atoms with E-state index in [1.165, 1.54) is 11.1 Å². The average molecular weight is 788 g/mol. The fraction of sp³-hybridized carbons (Fsp3) is 0.277. The number of nitrogens with zero attached hydrogens (tertiary/aromatic N) is 6. The first-order chi connectivity index (χ1) is 29.1. The number of amides is 2. The lowest BCUT2D eigenvalue weighted by Gasteiger charge is -2.23. The standard InChI is InChI=1S/C47H45N7O5/c55-43-20-19-42(47(56)50-43)54-41-10-4-7-31(44(41)38-9-5-23-49-46(38)54)8-6-27-58-26-2-1-3-28-59-36-15-13-35(14-16-36)53-30-39(45(51-53)32-21-24-48-25-22-32)34-11-17-37-33(29-34)12-18-40(37)52-57/h4-5,7,9-11,13-17,21-25,29-30,42,57H,1-3,6,8,12,18-20,26-28H2,(H,50,55,56)/b52-40+. The Kier molecular flexibility index (Phi) is 11.0. The number of imide groups is 1. The maximum absolute atomic E-state index is 12.9. The quantitative estimate of drug-likeness (QED) is 0.0456. The zero-order valence-electron chi connectivity index (χ0n) is 32.7. The molecule has 0 saturated carbocycles. The van der Waals surface area contributed by atoms with Crippen molar-refractivity contribution in [3.05, 3.63) is 126 Å².